The molecule has 2 aromatic carbocycles. The molecule has 1 aromatic heterocycles. The number of rotatable bonds is 6. The summed E-state index contributed by atoms with van der Waals surface area (Å²) in [5.41, 5.74) is 1.50. The average molecular weight is 636 g/mol. The van der Waals surface area contributed by atoms with E-state index in [-0.39, 0.29) is 18.7 Å². The van der Waals surface area contributed by atoms with Gasteiger partial charge in [-0.2, -0.15) is 13.2 Å². The van der Waals surface area contributed by atoms with Gasteiger partial charge in [0.05, 0.1) is 11.0 Å². The molecule has 1 aliphatic heterocycles. The molecule has 12 heteroatoms. The number of likely N-dealkylation sites (tertiary alicyclic amines) is 1. The van der Waals surface area contributed by atoms with Crippen LogP contribution in [0.2, 0.25) is 5.02 Å². The monoisotopic (exact) mass is 635 g/mol. The Morgan fingerprint density at radius 2 is 1.66 bits per heavy atom. The van der Waals surface area contributed by atoms with Crippen LogP contribution in [0, 0.1) is 5.41 Å². The summed E-state index contributed by atoms with van der Waals surface area (Å²) in [6.45, 7) is 13.3. The summed E-state index contributed by atoms with van der Waals surface area (Å²) in [5, 5.41) is 3.95. The molecule has 44 heavy (non-hydrogen) atoms. The second kappa shape index (κ2) is 12.5. The summed E-state index contributed by atoms with van der Waals surface area (Å²) in [6, 6.07) is 11.8. The lowest BCUT2D eigenvalue weighted by molar-refractivity contribution is -0.190. The smallest absolute Gasteiger partial charge is 0.444 e. The number of halogens is 4. The zero-order valence-electron chi connectivity index (χ0n) is 26.3. The Balaban J connectivity index is 1.68. The van der Waals surface area contributed by atoms with Crippen molar-refractivity contribution in [2.75, 3.05) is 18.4 Å². The highest BCUT2D eigenvalue weighted by atomic mass is 35.5. The number of nitrogens with one attached hydrogen (secondary N) is 1. The van der Waals surface area contributed by atoms with Crippen molar-refractivity contribution < 1.29 is 27.5 Å². The maximum Gasteiger partial charge on any atom is 0.471 e. The van der Waals surface area contributed by atoms with Gasteiger partial charge in [0.25, 0.3) is 0 Å². The first-order valence-electron chi connectivity index (χ1n) is 14.7. The molecule has 2 heterocycles. The quantitative estimate of drug-likeness (QED) is 0.295. The normalized spacial score (nSPS) is 15.8. The molecule has 0 aliphatic carbocycles. The zero-order valence-corrected chi connectivity index (χ0v) is 27.0. The van der Waals surface area contributed by atoms with E-state index in [1.54, 1.807) is 36.1 Å². The molecule has 0 unspecified atom stereocenters. The molecular formula is C32H41ClF3N5O3. The van der Waals surface area contributed by atoms with Gasteiger partial charge in [-0.15, -0.1) is 0 Å². The lowest BCUT2D eigenvalue weighted by Crippen LogP contribution is -2.50. The molecule has 1 saturated heterocycles. The van der Waals surface area contributed by atoms with Crippen LogP contribution in [0.1, 0.15) is 72.9 Å². The fourth-order valence-electron chi connectivity index (χ4n) is 5.21. The molecule has 1 aliphatic rings. The maximum absolute atomic E-state index is 13.6. The highest BCUT2D eigenvalue weighted by Gasteiger charge is 2.45. The molecule has 240 valence electrons. The van der Waals surface area contributed by atoms with E-state index in [0.717, 1.165) is 16.1 Å². The van der Waals surface area contributed by atoms with Gasteiger partial charge in [0.1, 0.15) is 5.60 Å². The van der Waals surface area contributed by atoms with Gasteiger partial charge in [0, 0.05) is 42.4 Å². The van der Waals surface area contributed by atoms with Gasteiger partial charge in [0.2, 0.25) is 5.95 Å². The van der Waals surface area contributed by atoms with Crippen LogP contribution in [0.4, 0.5) is 29.6 Å². The summed E-state index contributed by atoms with van der Waals surface area (Å²) in [5.74, 6) is -1.31. The fraction of sp³-hybridized carbons (Fsp3) is 0.531. The average Bonchev–Trinajstić information content (AvgIpc) is 3.27. The van der Waals surface area contributed by atoms with Crippen LogP contribution in [0.15, 0.2) is 42.5 Å². The van der Waals surface area contributed by atoms with E-state index >= 15 is 0 Å². The van der Waals surface area contributed by atoms with Gasteiger partial charge < -0.3 is 24.4 Å². The van der Waals surface area contributed by atoms with Crippen LogP contribution in [-0.4, -0.2) is 62.3 Å². The third-order valence-electron chi connectivity index (χ3n) is 7.91. The predicted octanol–water partition coefficient (Wildman–Crippen LogP) is 8.33. The van der Waals surface area contributed by atoms with Crippen molar-refractivity contribution in [1.29, 1.82) is 0 Å². The predicted molar refractivity (Wildman–Crippen MR) is 166 cm³/mol. The van der Waals surface area contributed by atoms with Crippen LogP contribution < -0.4 is 5.32 Å². The summed E-state index contributed by atoms with van der Waals surface area (Å²) in [4.78, 5) is 32.6. The molecule has 2 amide bonds. The lowest BCUT2D eigenvalue weighted by atomic mass is 9.86. The Morgan fingerprint density at radius 3 is 2.20 bits per heavy atom. The minimum absolute atomic E-state index is 0.0106. The Hall–Kier alpha value is -3.47. The van der Waals surface area contributed by atoms with Crippen molar-refractivity contribution in [3.05, 3.63) is 53.1 Å². The number of carbonyl (C=O) groups excluding carboxylic acids is 2. The molecule has 0 saturated carbocycles. The van der Waals surface area contributed by atoms with Crippen LogP contribution in [0.5, 0.6) is 0 Å². The summed E-state index contributed by atoms with van der Waals surface area (Å²) >= 11 is 6.08. The summed E-state index contributed by atoms with van der Waals surface area (Å²) in [7, 11) is 0. The molecular weight excluding hydrogens is 595 g/mol. The summed E-state index contributed by atoms with van der Waals surface area (Å²) in [6.07, 6.45) is -4.04. The third-order valence-corrected chi connectivity index (χ3v) is 8.16. The second-order valence-corrected chi connectivity index (χ2v) is 13.9. The number of piperidine rings is 1. The van der Waals surface area contributed by atoms with Crippen molar-refractivity contribution in [3.8, 4) is 0 Å². The van der Waals surface area contributed by atoms with Gasteiger partial charge >= 0.3 is 18.2 Å². The van der Waals surface area contributed by atoms with Gasteiger partial charge in [-0.1, -0.05) is 38.4 Å². The highest BCUT2D eigenvalue weighted by Crippen LogP contribution is 2.35. The van der Waals surface area contributed by atoms with Crippen molar-refractivity contribution >= 4 is 46.3 Å². The summed E-state index contributed by atoms with van der Waals surface area (Å²) < 4.78 is 48.4. The molecule has 0 radical (unpaired) electrons. The molecule has 3 aromatic rings. The number of ether oxygens (including phenoxy) is 1. The van der Waals surface area contributed by atoms with Crippen LogP contribution >= 0.6 is 11.6 Å². The number of fused-ring (bicyclic) bond motifs is 1. The number of anilines is 2. The first kappa shape index (κ1) is 33.4. The van der Waals surface area contributed by atoms with E-state index in [2.05, 4.69) is 9.88 Å². The maximum atomic E-state index is 13.6. The van der Waals surface area contributed by atoms with Crippen molar-refractivity contribution in [2.24, 2.45) is 5.41 Å². The molecule has 0 spiro atoms. The highest BCUT2D eigenvalue weighted by molar-refractivity contribution is 6.30. The Kier molecular flexibility index (Phi) is 9.49. The second-order valence-electron chi connectivity index (χ2n) is 13.4. The van der Waals surface area contributed by atoms with E-state index in [1.807, 2.05) is 59.7 Å². The number of alkyl halides is 3. The fourth-order valence-corrected chi connectivity index (χ4v) is 5.33. The van der Waals surface area contributed by atoms with E-state index in [9.17, 15) is 22.8 Å². The minimum Gasteiger partial charge on any atom is -0.444 e. The number of amides is 2. The van der Waals surface area contributed by atoms with Gasteiger partial charge in [-0.25, -0.2) is 9.78 Å². The van der Waals surface area contributed by atoms with E-state index < -0.39 is 29.1 Å². The van der Waals surface area contributed by atoms with Gasteiger partial charge in [-0.3, -0.25) is 4.79 Å². The van der Waals surface area contributed by atoms with Gasteiger partial charge in [0.15, 0.2) is 0 Å². The third kappa shape index (κ3) is 7.97. The Bertz CT molecular complexity index is 1480. The van der Waals surface area contributed by atoms with E-state index in [0.29, 0.717) is 48.0 Å². The van der Waals surface area contributed by atoms with Crippen molar-refractivity contribution in [1.82, 2.24) is 19.4 Å². The van der Waals surface area contributed by atoms with Crippen molar-refractivity contribution in [3.63, 3.8) is 0 Å². The minimum atomic E-state index is -4.99. The topological polar surface area (TPSA) is 79.7 Å². The molecule has 8 nitrogen and oxygen atoms in total. The first-order chi connectivity index (χ1) is 20.3. The van der Waals surface area contributed by atoms with Crippen molar-refractivity contribution in [2.45, 2.75) is 91.7 Å². The van der Waals surface area contributed by atoms with Crippen LogP contribution in [0.25, 0.3) is 11.0 Å². The van der Waals surface area contributed by atoms with Gasteiger partial charge in [-0.05, 0) is 87.9 Å². The molecule has 1 fully saturated rings. The number of imidazole rings is 1. The van der Waals surface area contributed by atoms with Crippen LogP contribution in [-0.2, 0) is 16.1 Å². The largest absolute Gasteiger partial charge is 0.471 e. The standard InChI is InChI=1S/C32H41ClF3N5O3/c1-20(30(2,3)4)40(27(42)32(34,35)36)19-21-8-13-26-25(18-21)38-28(37-23-11-9-22(33)10-12-23)41(26)24-14-16-39(17-15-24)29(43)44-31(5,6)7/h8-13,18,20,24H,14-17,19H2,1-7H3,(H,37,38)/t20-/m0/s1. The Labute approximate surface area is 261 Å². The SMILES string of the molecule is C[C@H](N(Cc1ccc2c(c1)nc(Nc1ccc(Cl)cc1)n2C1CCN(C(=O)OC(C)(C)C)CC1)C(=O)C(F)(F)F)C(C)(C)C. The number of benzene rings is 2. The number of hydrogen-bond acceptors (Lipinski definition) is 5. The number of aromatic nitrogens is 2. The molecule has 4 rings (SSSR count). The first-order valence-corrected chi connectivity index (χ1v) is 15.1. The molecule has 1 atom stereocenters. The number of carbonyl (C=O) groups is 2. The zero-order chi connectivity index (χ0) is 32.6. The number of nitrogens with zero attached hydrogens (tertiary/aromatic N) is 4. The number of hydrogen-bond donors (Lipinski definition) is 1. The van der Waals surface area contributed by atoms with Crippen LogP contribution in [0.3, 0.4) is 0 Å². The molecule has 0 bridgehead atoms. The molecule has 1 N–H and O–H groups in total. The lowest BCUT2D eigenvalue weighted by Gasteiger charge is -2.38. The van der Waals surface area contributed by atoms with E-state index in [4.69, 9.17) is 21.3 Å². The van der Waals surface area contributed by atoms with E-state index in [1.165, 1.54) is 0 Å². The Morgan fingerprint density at radius 1 is 1.05 bits per heavy atom.